The van der Waals surface area contributed by atoms with Crippen LogP contribution in [0.25, 0.3) is 0 Å². The molecule has 3 N–H and O–H groups in total. The van der Waals surface area contributed by atoms with E-state index in [0.29, 0.717) is 5.75 Å². The first kappa shape index (κ1) is 28.9. The van der Waals surface area contributed by atoms with Gasteiger partial charge in [-0.15, -0.1) is 0 Å². The fourth-order valence-electron chi connectivity index (χ4n) is 3.28. The van der Waals surface area contributed by atoms with Gasteiger partial charge in [0.1, 0.15) is 5.75 Å². The van der Waals surface area contributed by atoms with Crippen molar-refractivity contribution in [2.75, 3.05) is 0 Å². The SMILES string of the molecule is CC(C)(C)c1cc(C(C)(C)C)c(O)c(C(C)(C)C)c1.CCCCC(C)(CC)C(O)O. The summed E-state index contributed by atoms with van der Waals surface area (Å²) in [5.74, 6) is 0.466. The summed E-state index contributed by atoms with van der Waals surface area (Å²) in [6.45, 7) is 25.6. The number of phenols is 1. The first-order chi connectivity index (χ1) is 13.3. The van der Waals surface area contributed by atoms with Crippen molar-refractivity contribution >= 4 is 0 Å². The zero-order chi connectivity index (χ0) is 24.1. The number of phenolic OH excluding ortho intramolecular Hbond substituents is 1. The summed E-state index contributed by atoms with van der Waals surface area (Å²) in [4.78, 5) is 0. The Morgan fingerprint density at radius 2 is 1.13 bits per heavy atom. The van der Waals surface area contributed by atoms with Crippen molar-refractivity contribution in [2.45, 2.75) is 131 Å². The summed E-state index contributed by atoms with van der Waals surface area (Å²) < 4.78 is 0. The Labute approximate surface area is 186 Å². The number of hydrogen-bond acceptors (Lipinski definition) is 3. The number of unbranched alkanes of at least 4 members (excludes halogenated alkanes) is 1. The lowest BCUT2D eigenvalue weighted by Gasteiger charge is -2.31. The van der Waals surface area contributed by atoms with Gasteiger partial charge < -0.3 is 15.3 Å². The molecule has 0 aliphatic carbocycles. The maximum atomic E-state index is 10.7. The van der Waals surface area contributed by atoms with Gasteiger partial charge >= 0.3 is 0 Å². The molecule has 1 unspecified atom stereocenters. The molecular formula is C27H50O3. The van der Waals surface area contributed by atoms with E-state index in [2.05, 4.69) is 81.4 Å². The molecule has 0 aliphatic rings. The predicted molar refractivity (Wildman–Crippen MR) is 130 cm³/mol. The van der Waals surface area contributed by atoms with E-state index in [1.807, 2.05) is 13.8 Å². The first-order valence-corrected chi connectivity index (χ1v) is 11.6. The van der Waals surface area contributed by atoms with Crippen LogP contribution >= 0.6 is 0 Å². The van der Waals surface area contributed by atoms with E-state index < -0.39 is 6.29 Å². The first-order valence-electron chi connectivity index (χ1n) is 11.6. The van der Waals surface area contributed by atoms with Gasteiger partial charge in [0.15, 0.2) is 6.29 Å². The Balaban J connectivity index is 0.000000654. The number of aromatic hydroxyl groups is 1. The third-order valence-corrected chi connectivity index (χ3v) is 6.12. The van der Waals surface area contributed by atoms with Crippen LogP contribution in [0.15, 0.2) is 12.1 Å². The third-order valence-electron chi connectivity index (χ3n) is 6.12. The summed E-state index contributed by atoms with van der Waals surface area (Å²) in [6, 6.07) is 4.34. The van der Waals surface area contributed by atoms with Gasteiger partial charge in [-0.05, 0) is 45.8 Å². The van der Waals surface area contributed by atoms with Crippen molar-refractivity contribution in [1.29, 1.82) is 0 Å². The van der Waals surface area contributed by atoms with Crippen molar-refractivity contribution in [3.05, 3.63) is 28.8 Å². The molecule has 0 amide bonds. The van der Waals surface area contributed by atoms with Crippen LogP contribution < -0.4 is 0 Å². The molecule has 3 heteroatoms. The van der Waals surface area contributed by atoms with Crippen LogP contribution in [0.3, 0.4) is 0 Å². The highest BCUT2D eigenvalue weighted by atomic mass is 16.5. The molecule has 3 nitrogen and oxygen atoms in total. The molecule has 0 bridgehead atoms. The Hall–Kier alpha value is -1.06. The van der Waals surface area contributed by atoms with Gasteiger partial charge in [-0.25, -0.2) is 0 Å². The molecule has 0 radical (unpaired) electrons. The minimum atomic E-state index is -1.17. The van der Waals surface area contributed by atoms with Crippen LogP contribution in [0.4, 0.5) is 0 Å². The van der Waals surface area contributed by atoms with Crippen LogP contribution in [0.2, 0.25) is 0 Å². The maximum absolute atomic E-state index is 10.7. The monoisotopic (exact) mass is 422 g/mol. The van der Waals surface area contributed by atoms with Gasteiger partial charge in [0.05, 0.1) is 0 Å². The average Bonchev–Trinajstić information content (AvgIpc) is 2.57. The van der Waals surface area contributed by atoms with Gasteiger partial charge in [-0.2, -0.15) is 0 Å². The van der Waals surface area contributed by atoms with Crippen LogP contribution in [0.1, 0.15) is 125 Å². The van der Waals surface area contributed by atoms with Crippen molar-refractivity contribution in [1.82, 2.24) is 0 Å². The lowest BCUT2D eigenvalue weighted by molar-refractivity contribution is -0.133. The summed E-state index contributed by atoms with van der Waals surface area (Å²) in [5.41, 5.74) is 3.08. The topological polar surface area (TPSA) is 60.7 Å². The molecule has 1 rings (SSSR count). The molecule has 0 aromatic heterocycles. The zero-order valence-electron chi connectivity index (χ0n) is 21.9. The summed E-state index contributed by atoms with van der Waals surface area (Å²) in [6.07, 6.45) is 2.74. The maximum Gasteiger partial charge on any atom is 0.156 e. The molecule has 176 valence electrons. The molecule has 1 aromatic carbocycles. The zero-order valence-corrected chi connectivity index (χ0v) is 21.9. The molecule has 1 aromatic rings. The second-order valence-electron chi connectivity index (χ2n) is 12.2. The van der Waals surface area contributed by atoms with Gasteiger partial charge in [0.25, 0.3) is 0 Å². The van der Waals surface area contributed by atoms with E-state index in [4.69, 9.17) is 10.2 Å². The van der Waals surface area contributed by atoms with E-state index in [1.54, 1.807) is 0 Å². The smallest absolute Gasteiger partial charge is 0.156 e. The van der Waals surface area contributed by atoms with E-state index in [1.165, 1.54) is 5.56 Å². The molecule has 0 saturated heterocycles. The van der Waals surface area contributed by atoms with Crippen LogP contribution in [-0.4, -0.2) is 21.6 Å². The highest BCUT2D eigenvalue weighted by Gasteiger charge is 2.29. The normalized spacial score (nSPS) is 14.9. The van der Waals surface area contributed by atoms with Crippen molar-refractivity contribution in [2.24, 2.45) is 5.41 Å². The van der Waals surface area contributed by atoms with E-state index in [0.717, 1.165) is 36.8 Å². The number of aliphatic hydroxyl groups excluding tert-OH is 1. The highest BCUT2D eigenvalue weighted by Crippen LogP contribution is 2.42. The number of hydrogen-bond donors (Lipinski definition) is 3. The quantitative estimate of drug-likeness (QED) is 0.440. The second-order valence-corrected chi connectivity index (χ2v) is 12.2. The second kappa shape index (κ2) is 10.5. The van der Waals surface area contributed by atoms with Crippen LogP contribution in [0, 0.1) is 5.41 Å². The minimum absolute atomic E-state index is 0.0503. The van der Waals surface area contributed by atoms with Gasteiger partial charge in [0, 0.05) is 5.41 Å². The summed E-state index contributed by atoms with van der Waals surface area (Å²) in [7, 11) is 0. The lowest BCUT2D eigenvalue weighted by Crippen LogP contribution is -2.31. The largest absolute Gasteiger partial charge is 0.507 e. The van der Waals surface area contributed by atoms with Crippen LogP contribution in [-0.2, 0) is 16.2 Å². The fraction of sp³-hybridized carbons (Fsp3) is 0.778. The van der Waals surface area contributed by atoms with Gasteiger partial charge in [-0.3, -0.25) is 0 Å². The summed E-state index contributed by atoms with van der Waals surface area (Å²) >= 11 is 0. The lowest BCUT2D eigenvalue weighted by atomic mass is 9.75. The molecule has 1 atom stereocenters. The molecule has 0 heterocycles. The third kappa shape index (κ3) is 8.23. The minimum Gasteiger partial charge on any atom is -0.507 e. The van der Waals surface area contributed by atoms with Crippen LogP contribution in [0.5, 0.6) is 5.75 Å². The molecule has 0 fully saturated rings. The Morgan fingerprint density at radius 3 is 1.37 bits per heavy atom. The Kier molecular flexibility index (Phi) is 10.1. The van der Waals surface area contributed by atoms with Crippen molar-refractivity contribution < 1.29 is 15.3 Å². The molecule has 0 spiro atoms. The molecule has 0 saturated carbocycles. The average molecular weight is 423 g/mol. The predicted octanol–water partition coefficient (Wildman–Crippen LogP) is 7.19. The Morgan fingerprint density at radius 1 is 0.733 bits per heavy atom. The molecule has 30 heavy (non-hydrogen) atoms. The highest BCUT2D eigenvalue weighted by molar-refractivity contribution is 5.51. The number of aliphatic hydroxyl groups is 2. The molecule has 0 aliphatic heterocycles. The number of rotatable bonds is 5. The number of benzene rings is 1. The molecular weight excluding hydrogens is 372 g/mol. The van der Waals surface area contributed by atoms with E-state index >= 15 is 0 Å². The van der Waals surface area contributed by atoms with Crippen molar-refractivity contribution in [3.8, 4) is 5.75 Å². The van der Waals surface area contributed by atoms with E-state index in [-0.39, 0.29) is 21.7 Å². The standard InChI is InChI=1S/C18H30O.C9H20O2/c1-16(2,3)12-10-13(17(4,5)6)15(19)14(11-12)18(7,8)9;1-4-6-7-9(3,5-2)8(10)11/h10-11,19H,1-9H3;8,10-11H,4-7H2,1-3H3. The van der Waals surface area contributed by atoms with Gasteiger partial charge in [-0.1, -0.05) is 108 Å². The van der Waals surface area contributed by atoms with Gasteiger partial charge in [0.2, 0.25) is 0 Å². The van der Waals surface area contributed by atoms with Crippen molar-refractivity contribution in [3.63, 3.8) is 0 Å². The Bertz CT molecular complexity index is 619. The van der Waals surface area contributed by atoms with E-state index in [9.17, 15) is 5.11 Å². The fourth-order valence-corrected chi connectivity index (χ4v) is 3.28. The summed E-state index contributed by atoms with van der Waals surface area (Å²) in [5, 5.41) is 28.8.